The van der Waals surface area contributed by atoms with Crippen LogP contribution in [0.4, 0.5) is 0 Å². The number of nitrogens with zero attached hydrogens (tertiary/aromatic N) is 1. The molecule has 1 atom stereocenters. The van der Waals surface area contributed by atoms with Gasteiger partial charge in [-0.25, -0.2) is 0 Å². The van der Waals surface area contributed by atoms with Crippen LogP contribution in [0, 0.1) is 0 Å². The molecule has 0 radical (unpaired) electrons. The zero-order valence-corrected chi connectivity index (χ0v) is 7.74. The van der Waals surface area contributed by atoms with Crippen molar-refractivity contribution in [2.24, 2.45) is 0 Å². The molecule has 2 aliphatic rings. The Morgan fingerprint density at radius 3 is 2.85 bits per heavy atom. The van der Waals surface area contributed by atoms with Gasteiger partial charge in [0.2, 0.25) is 0 Å². The Kier molecular flexibility index (Phi) is 2.93. The highest BCUT2D eigenvalue weighted by molar-refractivity contribution is 5.55. The number of ether oxygens (including phenoxy) is 1. The Labute approximate surface area is 78.2 Å². The van der Waals surface area contributed by atoms with Crippen LogP contribution in [0.15, 0.2) is 0 Å². The topological polar surface area (TPSA) is 41.6 Å². The minimum Gasteiger partial charge on any atom is -0.355 e. The molecule has 0 aliphatic carbocycles. The van der Waals surface area contributed by atoms with E-state index in [1.165, 1.54) is 0 Å². The van der Waals surface area contributed by atoms with E-state index in [2.05, 4.69) is 10.2 Å². The van der Waals surface area contributed by atoms with Crippen molar-refractivity contribution >= 4 is 6.29 Å². The van der Waals surface area contributed by atoms with E-state index in [4.69, 9.17) is 4.74 Å². The monoisotopic (exact) mass is 184 g/mol. The molecule has 2 fully saturated rings. The van der Waals surface area contributed by atoms with Crippen LogP contribution in [0.3, 0.4) is 0 Å². The summed E-state index contributed by atoms with van der Waals surface area (Å²) >= 11 is 0. The summed E-state index contributed by atoms with van der Waals surface area (Å²) in [5.41, 5.74) is 0. The van der Waals surface area contributed by atoms with Gasteiger partial charge in [0.05, 0.1) is 6.61 Å². The second-order valence-electron chi connectivity index (χ2n) is 3.62. The van der Waals surface area contributed by atoms with Crippen LogP contribution in [-0.2, 0) is 9.53 Å². The number of piperidine rings is 1. The van der Waals surface area contributed by atoms with Gasteiger partial charge in [-0.2, -0.15) is 0 Å². The van der Waals surface area contributed by atoms with E-state index in [0.717, 1.165) is 38.8 Å². The zero-order valence-electron chi connectivity index (χ0n) is 7.74. The van der Waals surface area contributed by atoms with E-state index < -0.39 is 0 Å². The van der Waals surface area contributed by atoms with Crippen molar-refractivity contribution in [1.29, 1.82) is 0 Å². The molecular formula is C9H16N2O2. The van der Waals surface area contributed by atoms with Crippen LogP contribution in [0.1, 0.15) is 12.8 Å². The van der Waals surface area contributed by atoms with E-state index in [1.807, 2.05) is 0 Å². The third-order valence-corrected chi connectivity index (χ3v) is 2.86. The van der Waals surface area contributed by atoms with Gasteiger partial charge >= 0.3 is 0 Å². The average molecular weight is 184 g/mol. The maximum atomic E-state index is 10.7. The van der Waals surface area contributed by atoms with Crippen molar-refractivity contribution in [3.8, 4) is 0 Å². The van der Waals surface area contributed by atoms with Crippen molar-refractivity contribution in [3.63, 3.8) is 0 Å². The van der Waals surface area contributed by atoms with Crippen LogP contribution in [0.5, 0.6) is 0 Å². The average Bonchev–Trinajstić information content (AvgIpc) is 2.67. The van der Waals surface area contributed by atoms with Crippen molar-refractivity contribution in [2.45, 2.75) is 25.1 Å². The van der Waals surface area contributed by atoms with E-state index in [0.29, 0.717) is 12.6 Å². The number of hydrogen-bond acceptors (Lipinski definition) is 4. The third kappa shape index (κ3) is 1.90. The lowest BCUT2D eigenvalue weighted by Gasteiger charge is -2.32. The van der Waals surface area contributed by atoms with Crippen LogP contribution < -0.4 is 5.32 Å². The molecule has 2 aliphatic heterocycles. The Morgan fingerprint density at radius 1 is 1.38 bits per heavy atom. The Hall–Kier alpha value is -0.450. The van der Waals surface area contributed by atoms with E-state index >= 15 is 0 Å². The predicted octanol–water partition coefficient (Wildman–Crippen LogP) is -0.404. The summed E-state index contributed by atoms with van der Waals surface area (Å²) in [6.07, 6.45) is 2.90. The number of carbonyl (C=O) groups is 1. The summed E-state index contributed by atoms with van der Waals surface area (Å²) in [4.78, 5) is 12.9. The molecule has 2 saturated heterocycles. The van der Waals surface area contributed by atoms with Crippen molar-refractivity contribution in [2.75, 3.05) is 26.2 Å². The molecule has 0 saturated carbocycles. The summed E-state index contributed by atoms with van der Waals surface area (Å²) in [6.45, 7) is 3.74. The Morgan fingerprint density at radius 2 is 2.15 bits per heavy atom. The fraction of sp³-hybridized carbons (Fsp3) is 0.889. The summed E-state index contributed by atoms with van der Waals surface area (Å²) in [5, 5.41) is 3.32. The molecule has 4 heteroatoms. The fourth-order valence-corrected chi connectivity index (χ4v) is 2.15. The predicted molar refractivity (Wildman–Crippen MR) is 48.4 cm³/mol. The second kappa shape index (κ2) is 4.17. The van der Waals surface area contributed by atoms with Gasteiger partial charge in [-0.3, -0.25) is 9.69 Å². The number of rotatable bonds is 2. The van der Waals surface area contributed by atoms with E-state index in [-0.39, 0.29) is 6.23 Å². The van der Waals surface area contributed by atoms with E-state index in [1.54, 1.807) is 0 Å². The first-order valence-electron chi connectivity index (χ1n) is 4.95. The lowest BCUT2D eigenvalue weighted by atomic mass is 10.1. The number of hydrogen-bond donors (Lipinski definition) is 1. The first-order chi connectivity index (χ1) is 6.42. The second-order valence-corrected chi connectivity index (χ2v) is 3.62. The standard InChI is InChI=1S/C9H16N2O2/c12-7-9-11(5-6-13-9)8-1-3-10-4-2-8/h7-10H,1-6H2. The SMILES string of the molecule is O=CC1OCCN1C1CCNCC1. The fourth-order valence-electron chi connectivity index (χ4n) is 2.15. The summed E-state index contributed by atoms with van der Waals surface area (Å²) < 4.78 is 5.31. The Balaban J connectivity index is 1.93. The summed E-state index contributed by atoms with van der Waals surface area (Å²) in [5.74, 6) is 0. The number of nitrogens with one attached hydrogen (secondary N) is 1. The molecule has 0 aromatic rings. The van der Waals surface area contributed by atoms with Gasteiger partial charge in [-0.1, -0.05) is 0 Å². The maximum absolute atomic E-state index is 10.7. The molecule has 0 amide bonds. The lowest BCUT2D eigenvalue weighted by molar-refractivity contribution is -0.123. The van der Waals surface area contributed by atoms with E-state index in [9.17, 15) is 4.79 Å². The van der Waals surface area contributed by atoms with Crippen LogP contribution >= 0.6 is 0 Å². The van der Waals surface area contributed by atoms with Crippen LogP contribution in [0.2, 0.25) is 0 Å². The third-order valence-electron chi connectivity index (χ3n) is 2.86. The molecule has 0 aromatic heterocycles. The largest absolute Gasteiger partial charge is 0.355 e. The van der Waals surface area contributed by atoms with Crippen LogP contribution in [0.25, 0.3) is 0 Å². The molecule has 4 nitrogen and oxygen atoms in total. The molecule has 0 spiro atoms. The minimum atomic E-state index is -0.275. The molecule has 13 heavy (non-hydrogen) atoms. The lowest BCUT2D eigenvalue weighted by Crippen LogP contribution is -2.46. The van der Waals surface area contributed by atoms with Crippen molar-refractivity contribution in [1.82, 2.24) is 10.2 Å². The summed E-state index contributed by atoms with van der Waals surface area (Å²) in [6, 6.07) is 0.541. The van der Waals surface area contributed by atoms with Gasteiger partial charge in [0.1, 0.15) is 0 Å². The normalized spacial score (nSPS) is 32.2. The number of carbonyl (C=O) groups excluding carboxylic acids is 1. The molecule has 1 N–H and O–H groups in total. The van der Waals surface area contributed by atoms with Gasteiger partial charge in [-0.05, 0) is 25.9 Å². The highest BCUT2D eigenvalue weighted by Crippen LogP contribution is 2.18. The van der Waals surface area contributed by atoms with Crippen molar-refractivity contribution < 1.29 is 9.53 Å². The molecular weight excluding hydrogens is 168 g/mol. The smallest absolute Gasteiger partial charge is 0.167 e. The molecule has 0 bridgehead atoms. The summed E-state index contributed by atoms with van der Waals surface area (Å²) in [7, 11) is 0. The van der Waals surface area contributed by atoms with Crippen molar-refractivity contribution in [3.05, 3.63) is 0 Å². The van der Waals surface area contributed by atoms with Gasteiger partial charge < -0.3 is 10.1 Å². The maximum Gasteiger partial charge on any atom is 0.167 e. The quantitative estimate of drug-likeness (QED) is 0.593. The molecule has 0 aromatic carbocycles. The first kappa shape index (κ1) is 9.12. The van der Waals surface area contributed by atoms with Gasteiger partial charge in [0.15, 0.2) is 12.5 Å². The molecule has 1 unspecified atom stereocenters. The molecule has 2 rings (SSSR count). The molecule has 2 heterocycles. The first-order valence-corrected chi connectivity index (χ1v) is 4.95. The Bertz CT molecular complexity index is 180. The highest BCUT2D eigenvalue weighted by Gasteiger charge is 2.31. The van der Waals surface area contributed by atoms with Crippen LogP contribution in [-0.4, -0.2) is 49.7 Å². The molecule has 74 valence electrons. The van der Waals surface area contributed by atoms with Gasteiger partial charge in [-0.15, -0.1) is 0 Å². The minimum absolute atomic E-state index is 0.275. The zero-order chi connectivity index (χ0) is 9.10. The highest BCUT2D eigenvalue weighted by atomic mass is 16.5. The van der Waals surface area contributed by atoms with Gasteiger partial charge in [0, 0.05) is 12.6 Å². The van der Waals surface area contributed by atoms with Gasteiger partial charge in [0.25, 0.3) is 0 Å². The number of aldehydes is 1.